The van der Waals surface area contributed by atoms with Gasteiger partial charge in [-0.05, 0) is 25.3 Å². The Labute approximate surface area is 99.9 Å². The average molecular weight is 244 g/mol. The number of hydrogen-bond donors (Lipinski definition) is 2. The van der Waals surface area contributed by atoms with Gasteiger partial charge in [0.1, 0.15) is 0 Å². The van der Waals surface area contributed by atoms with Crippen molar-refractivity contribution in [1.29, 1.82) is 0 Å². The molecular formula is C12H18F2N2O. The molecule has 0 aromatic heterocycles. The van der Waals surface area contributed by atoms with Gasteiger partial charge in [0.25, 0.3) is 0 Å². The zero-order chi connectivity index (χ0) is 12.8. The fourth-order valence-electron chi connectivity index (χ4n) is 1.69. The number of methoxy groups -OCH3 is 1. The Morgan fingerprint density at radius 1 is 1.35 bits per heavy atom. The molecule has 0 aliphatic heterocycles. The van der Waals surface area contributed by atoms with Crippen molar-refractivity contribution in [2.75, 3.05) is 13.7 Å². The third-order valence-electron chi connectivity index (χ3n) is 2.72. The lowest BCUT2D eigenvalue weighted by Crippen LogP contribution is -2.29. The number of nitrogens with two attached hydrogens (primary N) is 1. The van der Waals surface area contributed by atoms with E-state index in [-0.39, 0.29) is 5.56 Å². The third-order valence-corrected chi connectivity index (χ3v) is 2.72. The second kappa shape index (κ2) is 6.64. The van der Waals surface area contributed by atoms with Crippen molar-refractivity contribution >= 4 is 0 Å². The smallest absolute Gasteiger partial charge is 0.163 e. The number of benzene rings is 1. The van der Waals surface area contributed by atoms with E-state index in [4.69, 9.17) is 10.6 Å². The van der Waals surface area contributed by atoms with E-state index in [9.17, 15) is 8.78 Å². The third kappa shape index (κ3) is 3.46. The van der Waals surface area contributed by atoms with Crippen LogP contribution in [0.3, 0.4) is 0 Å². The van der Waals surface area contributed by atoms with E-state index in [1.807, 2.05) is 0 Å². The number of hydrogen-bond acceptors (Lipinski definition) is 3. The zero-order valence-electron chi connectivity index (χ0n) is 10.1. The van der Waals surface area contributed by atoms with E-state index in [0.717, 1.165) is 6.42 Å². The molecule has 1 rings (SSSR count). The van der Waals surface area contributed by atoms with Gasteiger partial charge < -0.3 is 4.74 Å². The minimum atomic E-state index is -0.828. The summed E-state index contributed by atoms with van der Waals surface area (Å²) in [6.45, 7) is 2.09. The molecule has 0 radical (unpaired) electrons. The van der Waals surface area contributed by atoms with Gasteiger partial charge in [-0.25, -0.2) is 8.78 Å². The lowest BCUT2D eigenvalue weighted by atomic mass is 10.0. The molecule has 0 saturated heterocycles. The van der Waals surface area contributed by atoms with Gasteiger partial charge in [0.05, 0.1) is 0 Å². The number of nitrogens with one attached hydrogen (secondary N) is 1. The van der Waals surface area contributed by atoms with Crippen LogP contribution in [0.25, 0.3) is 0 Å². The summed E-state index contributed by atoms with van der Waals surface area (Å²) >= 11 is 0. The van der Waals surface area contributed by atoms with Crippen LogP contribution in [0.15, 0.2) is 12.1 Å². The molecule has 1 aromatic rings. The first-order chi connectivity index (χ1) is 8.11. The van der Waals surface area contributed by atoms with Crippen LogP contribution in [0.1, 0.15) is 30.0 Å². The number of hydrazine groups is 1. The lowest BCUT2D eigenvalue weighted by Gasteiger charge is -2.17. The van der Waals surface area contributed by atoms with Crippen LogP contribution in [0.4, 0.5) is 8.78 Å². The molecule has 0 fully saturated rings. The number of halogens is 2. The van der Waals surface area contributed by atoms with Gasteiger partial charge in [0, 0.05) is 25.3 Å². The summed E-state index contributed by atoms with van der Waals surface area (Å²) in [6, 6.07) is 2.71. The first kappa shape index (κ1) is 14.0. The highest BCUT2D eigenvalue weighted by molar-refractivity contribution is 5.27. The van der Waals surface area contributed by atoms with Crippen molar-refractivity contribution in [3.63, 3.8) is 0 Å². The van der Waals surface area contributed by atoms with Crippen LogP contribution in [0.5, 0.6) is 0 Å². The summed E-state index contributed by atoms with van der Waals surface area (Å²) < 4.78 is 32.0. The lowest BCUT2D eigenvalue weighted by molar-refractivity contribution is 0.188. The predicted molar refractivity (Wildman–Crippen MR) is 62.3 cm³/mol. The summed E-state index contributed by atoms with van der Waals surface area (Å²) in [5, 5.41) is 0. The molecule has 0 heterocycles. The number of ether oxygens (including phenoxy) is 1. The standard InChI is InChI=1S/C12H18F2N2O/c1-8-5-6-9(12(14)11(8)13)10(16-15)4-3-7-17-2/h5-6,10,16H,3-4,7,15H2,1-2H3. The first-order valence-electron chi connectivity index (χ1n) is 5.51. The maximum atomic E-state index is 13.7. The van der Waals surface area contributed by atoms with Crippen molar-refractivity contribution < 1.29 is 13.5 Å². The topological polar surface area (TPSA) is 47.3 Å². The van der Waals surface area contributed by atoms with Crippen molar-refractivity contribution in [2.45, 2.75) is 25.8 Å². The van der Waals surface area contributed by atoms with Gasteiger partial charge in [0.15, 0.2) is 11.6 Å². The summed E-state index contributed by atoms with van der Waals surface area (Å²) in [6.07, 6.45) is 1.31. The molecule has 0 saturated carbocycles. The zero-order valence-corrected chi connectivity index (χ0v) is 10.1. The normalized spacial score (nSPS) is 12.8. The average Bonchev–Trinajstić information content (AvgIpc) is 2.33. The molecule has 0 amide bonds. The second-order valence-electron chi connectivity index (χ2n) is 3.95. The fraction of sp³-hybridized carbons (Fsp3) is 0.500. The van der Waals surface area contributed by atoms with E-state index in [0.29, 0.717) is 18.6 Å². The molecule has 5 heteroatoms. The number of rotatable bonds is 6. The molecule has 1 atom stereocenters. The van der Waals surface area contributed by atoms with Gasteiger partial charge in [0.2, 0.25) is 0 Å². The van der Waals surface area contributed by atoms with E-state index in [2.05, 4.69) is 5.43 Å². The molecule has 96 valence electrons. The van der Waals surface area contributed by atoms with Crippen molar-refractivity contribution in [2.24, 2.45) is 5.84 Å². The Morgan fingerprint density at radius 3 is 2.65 bits per heavy atom. The minimum Gasteiger partial charge on any atom is -0.385 e. The Balaban J connectivity index is 2.85. The fourth-order valence-corrected chi connectivity index (χ4v) is 1.69. The largest absolute Gasteiger partial charge is 0.385 e. The van der Waals surface area contributed by atoms with Gasteiger partial charge >= 0.3 is 0 Å². The molecule has 0 bridgehead atoms. The predicted octanol–water partition coefficient (Wildman–Crippen LogP) is 2.20. The van der Waals surface area contributed by atoms with E-state index >= 15 is 0 Å². The summed E-state index contributed by atoms with van der Waals surface area (Å²) in [7, 11) is 1.59. The number of aryl methyl sites for hydroxylation is 1. The van der Waals surface area contributed by atoms with Crippen LogP contribution >= 0.6 is 0 Å². The molecule has 3 nitrogen and oxygen atoms in total. The van der Waals surface area contributed by atoms with Crippen LogP contribution in [0, 0.1) is 18.6 Å². The highest BCUT2D eigenvalue weighted by Crippen LogP contribution is 2.24. The molecule has 0 aliphatic rings. The van der Waals surface area contributed by atoms with E-state index < -0.39 is 17.7 Å². The summed E-state index contributed by atoms with van der Waals surface area (Å²) in [4.78, 5) is 0. The van der Waals surface area contributed by atoms with Gasteiger partial charge in [-0.15, -0.1) is 0 Å². The molecule has 0 aliphatic carbocycles. The van der Waals surface area contributed by atoms with Crippen LogP contribution < -0.4 is 11.3 Å². The Hall–Kier alpha value is -1.04. The van der Waals surface area contributed by atoms with E-state index in [1.165, 1.54) is 6.92 Å². The molecule has 1 unspecified atom stereocenters. The summed E-state index contributed by atoms with van der Waals surface area (Å²) in [5.74, 6) is 3.73. The van der Waals surface area contributed by atoms with Crippen molar-refractivity contribution in [3.8, 4) is 0 Å². The van der Waals surface area contributed by atoms with Gasteiger partial charge in [-0.1, -0.05) is 12.1 Å². The Kier molecular flexibility index (Phi) is 5.47. The summed E-state index contributed by atoms with van der Waals surface area (Å²) in [5.41, 5.74) is 3.05. The van der Waals surface area contributed by atoms with Crippen molar-refractivity contribution in [3.05, 3.63) is 34.9 Å². The highest BCUT2D eigenvalue weighted by atomic mass is 19.2. The monoisotopic (exact) mass is 244 g/mol. The van der Waals surface area contributed by atoms with Gasteiger partial charge in [-0.2, -0.15) is 0 Å². The Bertz CT molecular complexity index is 372. The van der Waals surface area contributed by atoms with Crippen LogP contribution in [0.2, 0.25) is 0 Å². The van der Waals surface area contributed by atoms with Crippen LogP contribution in [-0.4, -0.2) is 13.7 Å². The van der Waals surface area contributed by atoms with Crippen LogP contribution in [-0.2, 0) is 4.74 Å². The molecule has 0 spiro atoms. The molecule has 17 heavy (non-hydrogen) atoms. The maximum Gasteiger partial charge on any atom is 0.163 e. The molecule has 3 N–H and O–H groups in total. The molecular weight excluding hydrogens is 226 g/mol. The first-order valence-corrected chi connectivity index (χ1v) is 5.51. The quantitative estimate of drug-likeness (QED) is 0.458. The maximum absolute atomic E-state index is 13.7. The van der Waals surface area contributed by atoms with Gasteiger partial charge in [-0.3, -0.25) is 11.3 Å². The molecule has 1 aromatic carbocycles. The Morgan fingerprint density at radius 2 is 2.06 bits per heavy atom. The van der Waals surface area contributed by atoms with Crippen molar-refractivity contribution in [1.82, 2.24) is 5.43 Å². The van der Waals surface area contributed by atoms with E-state index in [1.54, 1.807) is 19.2 Å². The minimum absolute atomic E-state index is 0.256. The second-order valence-corrected chi connectivity index (χ2v) is 3.95. The highest BCUT2D eigenvalue weighted by Gasteiger charge is 2.18. The SMILES string of the molecule is COCCCC(NN)c1ccc(C)c(F)c1F.